The van der Waals surface area contributed by atoms with Crippen molar-refractivity contribution in [2.45, 2.75) is 210 Å². The fourth-order valence-electron chi connectivity index (χ4n) is 18.3. The number of unbranched alkanes of at least 4 members (excludes halogenated alkanes) is 6. The van der Waals surface area contributed by atoms with Crippen LogP contribution in [0.15, 0.2) is 255 Å². The Balaban J connectivity index is 0.000000115. The van der Waals surface area contributed by atoms with Crippen LogP contribution in [0.3, 0.4) is 0 Å². The maximum Gasteiger partial charge on any atom is 0.151 e. The van der Waals surface area contributed by atoms with Gasteiger partial charge in [-0.2, -0.15) is 0 Å². The van der Waals surface area contributed by atoms with Crippen molar-refractivity contribution in [1.82, 2.24) is 4.57 Å². The van der Waals surface area contributed by atoms with Crippen LogP contribution in [0.1, 0.15) is 180 Å². The van der Waals surface area contributed by atoms with Gasteiger partial charge in [-0.25, -0.2) is 0 Å². The van der Waals surface area contributed by atoms with Crippen LogP contribution in [0.4, 0.5) is 34.1 Å². The molecule has 584 valence electrons. The van der Waals surface area contributed by atoms with Crippen molar-refractivity contribution in [3.05, 3.63) is 378 Å². The zero-order valence-electron chi connectivity index (χ0n) is 70.1. The first kappa shape index (κ1) is 77.4. The summed E-state index contributed by atoms with van der Waals surface area (Å²) >= 11 is 0. The molecule has 2 heterocycles. The van der Waals surface area contributed by atoms with Crippen LogP contribution < -0.4 is 14.5 Å². The third kappa shape index (κ3) is 17.2. The van der Waals surface area contributed by atoms with Gasteiger partial charge in [-0.3, -0.25) is 0 Å². The lowest BCUT2D eigenvalue weighted by Crippen LogP contribution is -2.16. The number of hydrogen-bond acceptors (Lipinski definition) is 3. The summed E-state index contributed by atoms with van der Waals surface area (Å²) in [5.74, 6) is 1.80. The lowest BCUT2D eigenvalue weighted by molar-refractivity contribution is 0.476. The summed E-state index contributed by atoms with van der Waals surface area (Å²) in [4.78, 5) is 4.72. The van der Waals surface area contributed by atoms with Crippen LogP contribution in [-0.2, 0) is 96.4 Å². The molecule has 116 heavy (non-hydrogen) atoms. The average molecular weight is 1520 g/mol. The quantitative estimate of drug-likeness (QED) is 0.0470. The second-order valence-electron chi connectivity index (χ2n) is 34.6. The zero-order chi connectivity index (χ0) is 79.3. The molecule has 0 bridgehead atoms. The Hall–Kier alpha value is -11.2. The number of anilines is 6. The van der Waals surface area contributed by atoms with Gasteiger partial charge in [-0.1, -0.05) is 181 Å². The highest BCUT2D eigenvalue weighted by molar-refractivity contribution is 6.08. The molecule has 0 saturated carbocycles. The molecule has 0 unspecified atom stereocenters. The Morgan fingerprint density at radius 3 is 1.12 bits per heavy atom. The van der Waals surface area contributed by atoms with E-state index in [1.807, 2.05) is 6.08 Å². The van der Waals surface area contributed by atoms with Gasteiger partial charge in [-0.15, -0.1) is 6.58 Å². The standard InChI is InChI=1S/C36H29NO.C34H42.C22H21N.C20H23N/c1-22-3-13-33-35(15-22)38-36-16-23(2)4-14-34(36)37(33)32-20-30(28-11-7-24-5-9-26(24)17-28)19-31(21-32)29-12-8-25-6-10-27(25)18-29;1-25-21-32(12-8-4-6-10-28-14-16-30-18-20-34(30)24-28)26(2)22-31(25)11-7-3-5-9-27-13-15-29-17-19-33(29)23-27;1-16-3-10-20(11-4-16)23(21-12-5-17(2)6-13-21)22-14-9-18-7-8-19(18)15-22;1-4-5-6-7-12-21-19-10-8-15(2)13-17(19)18-14-16(3)9-11-20(18)21/h3-4,7-8,11-21H,5-6,9-10H2,1-2H3;13-16,21-24H,3-12,17-20H2,1-2H3;3-6,9-15H,7-8H2,1-2H3;4,8-11,13-14H,1,5-7,12H2,2-3H3. The summed E-state index contributed by atoms with van der Waals surface area (Å²) in [6, 6.07) is 91.4. The maximum absolute atomic E-state index is 6.45. The van der Waals surface area contributed by atoms with E-state index in [1.54, 1.807) is 44.5 Å². The van der Waals surface area contributed by atoms with Crippen LogP contribution in [0.5, 0.6) is 11.5 Å². The molecular formula is C112H115N3O. The first-order chi connectivity index (χ1) is 56.6. The van der Waals surface area contributed by atoms with E-state index < -0.39 is 0 Å². The number of nitrogens with zero attached hydrogens (tertiary/aromatic N) is 3. The minimum absolute atomic E-state index is 0.900. The number of benzene rings is 13. The lowest BCUT2D eigenvalue weighted by Gasteiger charge is -2.34. The molecule has 1 aromatic heterocycles. The highest BCUT2D eigenvalue weighted by Crippen LogP contribution is 2.53. The number of fused-ring (bicyclic) bond motifs is 10. The summed E-state index contributed by atoms with van der Waals surface area (Å²) < 4.78 is 8.93. The first-order valence-electron chi connectivity index (χ1n) is 43.7. The fourth-order valence-corrected chi connectivity index (χ4v) is 18.3. The maximum atomic E-state index is 6.45. The second-order valence-corrected chi connectivity index (χ2v) is 34.6. The van der Waals surface area contributed by atoms with Crippen molar-refractivity contribution in [1.29, 1.82) is 0 Å². The van der Waals surface area contributed by atoms with E-state index in [-0.39, 0.29) is 0 Å². The number of aryl methyl sites for hydroxylation is 23. The van der Waals surface area contributed by atoms with Crippen LogP contribution in [0.25, 0.3) is 44.1 Å². The van der Waals surface area contributed by atoms with Gasteiger partial charge >= 0.3 is 0 Å². The lowest BCUT2D eigenvalue weighted by atomic mass is 9.84. The molecule has 14 aromatic rings. The Kier molecular flexibility index (Phi) is 23.1. The second kappa shape index (κ2) is 34.7. The van der Waals surface area contributed by atoms with E-state index in [0.717, 1.165) is 41.5 Å². The van der Waals surface area contributed by atoms with Gasteiger partial charge in [0.1, 0.15) is 0 Å². The molecule has 0 atom stereocenters. The topological polar surface area (TPSA) is 20.6 Å². The van der Waals surface area contributed by atoms with Crippen molar-refractivity contribution in [2.24, 2.45) is 0 Å². The van der Waals surface area contributed by atoms with Crippen LogP contribution >= 0.6 is 0 Å². The largest absolute Gasteiger partial charge is 0.453 e. The first-order valence-corrected chi connectivity index (χ1v) is 43.7. The highest BCUT2D eigenvalue weighted by atomic mass is 16.5. The summed E-state index contributed by atoms with van der Waals surface area (Å²) in [5, 5.41) is 2.77. The number of hydrogen-bond donors (Lipinski definition) is 0. The third-order valence-corrected chi connectivity index (χ3v) is 25.9. The van der Waals surface area contributed by atoms with Crippen LogP contribution in [0.2, 0.25) is 0 Å². The molecule has 1 aliphatic heterocycles. The van der Waals surface area contributed by atoms with E-state index >= 15 is 0 Å². The predicted molar refractivity (Wildman–Crippen MR) is 493 cm³/mol. The Bertz CT molecular complexity index is 5640. The predicted octanol–water partition coefficient (Wildman–Crippen LogP) is 29.5. The molecule has 0 fully saturated rings. The SMILES string of the molecule is C=CCCCCn1c2ccc(C)cc2c2cc(C)ccc21.Cc1cc(CCCCCc2ccc3c(c2)CC3)c(C)cc1CCCCCc1ccc2c(c1)CC2.Cc1ccc(N(c2ccc(C)cc2)c2ccc3c(c2)CC3)cc1.Cc1ccc2c(c1)Oc1cc(C)ccc1N2c1cc(-c2ccc3c(c2)CC3)cc(-c2ccc3c(c2)CC3)c1. The van der Waals surface area contributed by atoms with E-state index in [4.69, 9.17) is 4.74 Å². The van der Waals surface area contributed by atoms with Crippen LogP contribution in [-0.4, -0.2) is 4.57 Å². The average Bonchev–Trinajstić information content (AvgIpc) is 1.63. The summed E-state index contributed by atoms with van der Waals surface area (Å²) in [7, 11) is 0. The normalized spacial score (nSPS) is 13.2. The van der Waals surface area contributed by atoms with Crippen molar-refractivity contribution in [3.63, 3.8) is 0 Å². The summed E-state index contributed by atoms with van der Waals surface area (Å²) in [6.45, 7) is 22.4. The van der Waals surface area contributed by atoms with Gasteiger partial charge in [0.15, 0.2) is 11.5 Å². The number of allylic oxidation sites excluding steroid dienone is 1. The summed E-state index contributed by atoms with van der Waals surface area (Å²) in [5.41, 5.74) is 47.0. The third-order valence-electron chi connectivity index (χ3n) is 25.9. The van der Waals surface area contributed by atoms with E-state index in [1.165, 1.54) is 280 Å². The molecule has 0 amide bonds. The Morgan fingerprint density at radius 1 is 0.310 bits per heavy atom. The summed E-state index contributed by atoms with van der Waals surface area (Å²) in [6.07, 6.45) is 30.8. The van der Waals surface area contributed by atoms with E-state index in [2.05, 4.69) is 319 Å². The van der Waals surface area contributed by atoms with Crippen molar-refractivity contribution >= 4 is 55.9 Å². The molecule has 0 spiro atoms. The minimum atomic E-state index is 0.900. The Labute approximate surface area is 691 Å². The zero-order valence-corrected chi connectivity index (χ0v) is 70.1. The molecule has 0 radical (unpaired) electrons. The molecule has 4 nitrogen and oxygen atoms in total. The molecule has 5 aliphatic carbocycles. The highest BCUT2D eigenvalue weighted by Gasteiger charge is 2.29. The van der Waals surface area contributed by atoms with Gasteiger partial charge < -0.3 is 19.1 Å². The Morgan fingerprint density at radius 2 is 0.698 bits per heavy atom. The van der Waals surface area contributed by atoms with Gasteiger partial charge in [0.2, 0.25) is 0 Å². The molecule has 4 heteroatoms. The monoisotopic (exact) mass is 1520 g/mol. The number of ether oxygens (including phenoxy) is 1. The molecule has 6 aliphatic rings. The number of aromatic nitrogens is 1. The van der Waals surface area contributed by atoms with Gasteiger partial charge in [0.05, 0.1) is 11.4 Å². The van der Waals surface area contributed by atoms with Crippen molar-refractivity contribution < 1.29 is 4.74 Å². The molecule has 0 N–H and O–H groups in total. The van der Waals surface area contributed by atoms with Crippen LogP contribution in [0, 0.1) is 55.4 Å². The van der Waals surface area contributed by atoms with E-state index in [9.17, 15) is 0 Å². The minimum Gasteiger partial charge on any atom is -0.453 e. The van der Waals surface area contributed by atoms with Gasteiger partial charge in [0.25, 0.3) is 0 Å². The van der Waals surface area contributed by atoms with Gasteiger partial charge in [0, 0.05) is 51.1 Å². The fraction of sp³-hybridized carbons (Fsp3) is 0.286. The molecule has 0 saturated heterocycles. The molecule has 13 aromatic carbocycles. The van der Waals surface area contributed by atoms with Gasteiger partial charge in [-0.05, 0) is 416 Å². The van der Waals surface area contributed by atoms with E-state index in [0.29, 0.717) is 0 Å². The van der Waals surface area contributed by atoms with Crippen molar-refractivity contribution in [2.75, 3.05) is 9.80 Å². The van der Waals surface area contributed by atoms with Crippen molar-refractivity contribution in [3.8, 4) is 33.8 Å². The molecule has 20 rings (SSSR count). The smallest absolute Gasteiger partial charge is 0.151 e. The number of rotatable bonds is 23. The molecular weight excluding hydrogens is 1400 g/mol.